The number of carbonyl (C=O) groups is 3. The van der Waals surface area contributed by atoms with E-state index in [9.17, 15) is 32.7 Å². The van der Waals surface area contributed by atoms with Crippen LogP contribution in [0.3, 0.4) is 0 Å². The molecule has 0 radical (unpaired) electrons. The lowest BCUT2D eigenvalue weighted by atomic mass is 10.1. The average Bonchev–Trinajstić information content (AvgIpc) is 2.97. The van der Waals surface area contributed by atoms with Crippen molar-refractivity contribution >= 4 is 29.2 Å². The molecular weight excluding hydrogens is 565 g/mol. The third-order valence-electron chi connectivity index (χ3n) is 6.20. The van der Waals surface area contributed by atoms with Gasteiger partial charge in [0.25, 0.3) is 18.2 Å². The van der Waals surface area contributed by atoms with Gasteiger partial charge in [-0.2, -0.15) is 0 Å². The number of nitrogens with one attached hydrogen (secondary N) is 1. The van der Waals surface area contributed by atoms with Crippen LogP contribution in [0.1, 0.15) is 56.9 Å². The molecule has 2 amide bonds. The maximum absolute atomic E-state index is 13.5. The highest BCUT2D eigenvalue weighted by Crippen LogP contribution is 2.30. The molecule has 43 heavy (non-hydrogen) atoms. The minimum absolute atomic E-state index is 0.0292. The molecule has 0 aliphatic carbocycles. The second-order valence-electron chi connectivity index (χ2n) is 9.65. The normalized spacial score (nSPS) is 10.9. The quantitative estimate of drug-likeness (QED) is 0.197. The van der Waals surface area contributed by atoms with Crippen molar-refractivity contribution in [1.82, 2.24) is 0 Å². The first-order valence-corrected chi connectivity index (χ1v) is 13.0. The third kappa shape index (κ3) is 7.50. The summed E-state index contributed by atoms with van der Waals surface area (Å²) in [5, 5.41) is 12.3. The summed E-state index contributed by atoms with van der Waals surface area (Å²) in [7, 11) is 1.39. The monoisotopic (exact) mass is 592 g/mol. The second kappa shape index (κ2) is 13.1. The van der Waals surface area contributed by atoms with Gasteiger partial charge in [0, 0.05) is 29.4 Å². The molecule has 0 saturated carbocycles. The molecule has 0 aromatic heterocycles. The minimum atomic E-state index is -3.04. The second-order valence-corrected chi connectivity index (χ2v) is 9.65. The minimum Gasteiger partial charge on any atom is -0.491 e. The van der Waals surface area contributed by atoms with Crippen molar-refractivity contribution in [2.24, 2.45) is 0 Å². The maximum atomic E-state index is 13.5. The van der Waals surface area contributed by atoms with Crippen molar-refractivity contribution in [1.29, 1.82) is 0 Å². The van der Waals surface area contributed by atoms with E-state index in [1.165, 1.54) is 49.5 Å². The van der Waals surface area contributed by atoms with Gasteiger partial charge in [0.1, 0.15) is 23.1 Å². The van der Waals surface area contributed by atoms with Gasteiger partial charge >= 0.3 is 5.97 Å². The number of anilines is 2. The number of rotatable bonds is 10. The summed E-state index contributed by atoms with van der Waals surface area (Å²) in [6, 6.07) is 19.1. The van der Waals surface area contributed by atoms with Crippen LogP contribution >= 0.6 is 0 Å². The number of benzene rings is 4. The number of aromatic carboxylic acids is 1. The Labute approximate surface area is 245 Å². The number of carbonyl (C=O) groups excluding carboxylic acids is 2. The van der Waals surface area contributed by atoms with E-state index < -0.39 is 35.6 Å². The lowest BCUT2D eigenvalue weighted by Crippen LogP contribution is -2.27. The van der Waals surface area contributed by atoms with E-state index >= 15 is 0 Å². The number of halogens is 3. The van der Waals surface area contributed by atoms with E-state index in [4.69, 9.17) is 9.47 Å². The van der Waals surface area contributed by atoms with Crippen molar-refractivity contribution in [2.45, 2.75) is 26.4 Å². The van der Waals surface area contributed by atoms with Crippen molar-refractivity contribution in [3.63, 3.8) is 0 Å². The molecule has 0 bridgehead atoms. The van der Waals surface area contributed by atoms with Gasteiger partial charge in [-0.1, -0.05) is 0 Å². The smallest absolute Gasteiger partial charge is 0.337 e. The van der Waals surface area contributed by atoms with Crippen LogP contribution in [0, 0.1) is 5.82 Å². The predicted molar refractivity (Wildman–Crippen MR) is 154 cm³/mol. The Morgan fingerprint density at radius 2 is 1.44 bits per heavy atom. The van der Waals surface area contributed by atoms with E-state index in [0.717, 1.165) is 17.0 Å². The van der Waals surface area contributed by atoms with Gasteiger partial charge in [-0.05, 0) is 98.8 Å². The molecule has 4 rings (SSSR count). The lowest BCUT2D eigenvalue weighted by molar-refractivity contribution is 0.0697. The summed E-state index contributed by atoms with van der Waals surface area (Å²) in [5.41, 5.74) is -0.533. The van der Waals surface area contributed by atoms with E-state index in [-0.39, 0.29) is 34.4 Å². The molecule has 8 nitrogen and oxygen atoms in total. The molecule has 0 saturated heterocycles. The van der Waals surface area contributed by atoms with Crippen molar-refractivity contribution in [2.75, 3.05) is 17.3 Å². The molecule has 0 fully saturated rings. The summed E-state index contributed by atoms with van der Waals surface area (Å²) >= 11 is 0. The molecule has 222 valence electrons. The zero-order valence-corrected chi connectivity index (χ0v) is 23.3. The first-order chi connectivity index (χ1) is 20.4. The van der Waals surface area contributed by atoms with Crippen LogP contribution in [-0.4, -0.2) is 36.0 Å². The predicted octanol–water partition coefficient (Wildman–Crippen LogP) is 7.57. The highest BCUT2D eigenvalue weighted by molar-refractivity contribution is 6.08. The molecule has 11 heteroatoms. The first-order valence-electron chi connectivity index (χ1n) is 13.0. The SMILES string of the molecule is CC(C)Oc1ccc(C(=O)Nc2ccc(Oc3ccc(N(C)C(=O)c4ccc(F)cc4C(F)F)cc3)cc2C(=O)O)cc1. The largest absolute Gasteiger partial charge is 0.491 e. The lowest BCUT2D eigenvalue weighted by Gasteiger charge is -2.19. The summed E-state index contributed by atoms with van der Waals surface area (Å²) in [6.45, 7) is 3.76. The number of carboxylic acids is 1. The molecular formula is C32H27F3N2O6. The Hall–Kier alpha value is -5.32. The fourth-order valence-electron chi connectivity index (χ4n) is 4.11. The standard InChI is InChI=1S/C32H27F3N2O6/c1-18(2)42-22-9-4-19(5-10-22)30(38)36-28-15-13-24(17-27(28)32(40)41)43-23-11-7-21(8-12-23)37(3)31(39)25-14-6-20(33)16-26(25)29(34)35/h4-18,29H,1-3H3,(H,36,38)(H,40,41). The van der Waals surface area contributed by atoms with Crippen LogP contribution in [0.5, 0.6) is 17.2 Å². The van der Waals surface area contributed by atoms with Gasteiger partial charge in [-0.25, -0.2) is 18.0 Å². The summed E-state index contributed by atoms with van der Waals surface area (Å²) in [6.07, 6.45) is -3.07. The van der Waals surface area contributed by atoms with Crippen LogP contribution < -0.4 is 19.7 Å². The molecule has 4 aromatic carbocycles. The van der Waals surface area contributed by atoms with Crippen molar-refractivity contribution in [3.8, 4) is 17.2 Å². The summed E-state index contributed by atoms with van der Waals surface area (Å²) < 4.78 is 51.5. The fourth-order valence-corrected chi connectivity index (χ4v) is 4.11. The van der Waals surface area contributed by atoms with Crippen molar-refractivity contribution < 1.29 is 42.1 Å². The topological polar surface area (TPSA) is 105 Å². The molecule has 0 unspecified atom stereocenters. The number of hydrogen-bond donors (Lipinski definition) is 2. The van der Waals surface area contributed by atoms with E-state index in [2.05, 4.69) is 5.32 Å². The van der Waals surface area contributed by atoms with Gasteiger partial charge < -0.3 is 24.8 Å². The van der Waals surface area contributed by atoms with Gasteiger partial charge in [0.05, 0.1) is 17.4 Å². The van der Waals surface area contributed by atoms with E-state index in [1.54, 1.807) is 24.3 Å². The number of alkyl halides is 2. The molecule has 0 heterocycles. The first kappa shape index (κ1) is 30.6. The Kier molecular flexibility index (Phi) is 9.34. The van der Waals surface area contributed by atoms with Crippen LogP contribution in [-0.2, 0) is 0 Å². The Balaban J connectivity index is 1.46. The van der Waals surface area contributed by atoms with Crippen LogP contribution in [0.25, 0.3) is 0 Å². The van der Waals surface area contributed by atoms with Crippen LogP contribution in [0.2, 0.25) is 0 Å². The summed E-state index contributed by atoms with van der Waals surface area (Å²) in [4.78, 5) is 38.7. The van der Waals surface area contributed by atoms with Gasteiger partial charge in [0.2, 0.25) is 0 Å². The number of nitrogens with zero attached hydrogens (tertiary/aromatic N) is 1. The van der Waals surface area contributed by atoms with Crippen molar-refractivity contribution in [3.05, 3.63) is 113 Å². The number of carboxylic acid groups (broad SMARTS) is 1. The third-order valence-corrected chi connectivity index (χ3v) is 6.20. The van der Waals surface area contributed by atoms with Gasteiger partial charge in [0.15, 0.2) is 0 Å². The number of hydrogen-bond acceptors (Lipinski definition) is 5. The zero-order chi connectivity index (χ0) is 31.3. The Bertz CT molecular complexity index is 1640. The van der Waals surface area contributed by atoms with Crippen LogP contribution in [0.15, 0.2) is 84.9 Å². The molecule has 0 spiro atoms. The molecule has 0 aliphatic rings. The van der Waals surface area contributed by atoms with E-state index in [1.807, 2.05) is 13.8 Å². The Morgan fingerprint density at radius 3 is 2.05 bits per heavy atom. The van der Waals surface area contributed by atoms with Gasteiger partial charge in [-0.3, -0.25) is 9.59 Å². The Morgan fingerprint density at radius 1 is 0.814 bits per heavy atom. The average molecular weight is 593 g/mol. The molecule has 4 aromatic rings. The number of ether oxygens (including phenoxy) is 2. The van der Waals surface area contributed by atoms with E-state index in [0.29, 0.717) is 23.1 Å². The van der Waals surface area contributed by atoms with Crippen LogP contribution in [0.4, 0.5) is 24.5 Å². The summed E-state index contributed by atoms with van der Waals surface area (Å²) in [5.74, 6) is -2.39. The highest BCUT2D eigenvalue weighted by Gasteiger charge is 2.23. The maximum Gasteiger partial charge on any atom is 0.337 e. The zero-order valence-electron chi connectivity index (χ0n) is 23.3. The number of amides is 2. The van der Waals surface area contributed by atoms with Gasteiger partial charge in [-0.15, -0.1) is 0 Å². The molecule has 2 N–H and O–H groups in total. The molecule has 0 aliphatic heterocycles. The fraction of sp³-hybridized carbons (Fsp3) is 0.156. The highest BCUT2D eigenvalue weighted by atomic mass is 19.3. The molecule has 0 atom stereocenters.